The first kappa shape index (κ1) is 28.6. The van der Waals surface area contributed by atoms with Crippen LogP contribution in [0.3, 0.4) is 0 Å². The summed E-state index contributed by atoms with van der Waals surface area (Å²) in [5.41, 5.74) is 0.261. The number of ketones is 1. The Labute approximate surface area is 230 Å². The molecule has 0 spiro atoms. The van der Waals surface area contributed by atoms with E-state index in [0.29, 0.717) is 27.1 Å². The van der Waals surface area contributed by atoms with E-state index in [-0.39, 0.29) is 42.1 Å². The molecule has 1 N–H and O–H groups in total. The summed E-state index contributed by atoms with van der Waals surface area (Å²) in [5, 5.41) is 20.9. The number of carbonyl (C=O) groups is 2. The maximum absolute atomic E-state index is 13.1. The largest absolute Gasteiger partial charge is 0.494 e. The Morgan fingerprint density at radius 3 is 2.51 bits per heavy atom. The van der Waals surface area contributed by atoms with Crippen molar-refractivity contribution in [1.29, 1.82) is 5.26 Å². The van der Waals surface area contributed by atoms with Crippen LogP contribution in [0.5, 0.6) is 5.88 Å². The zero-order valence-corrected chi connectivity index (χ0v) is 23.1. The lowest BCUT2D eigenvalue weighted by molar-refractivity contribution is -0.122. The van der Waals surface area contributed by atoms with Crippen molar-refractivity contribution in [3.05, 3.63) is 66.8 Å². The minimum absolute atomic E-state index is 0.0142. The van der Waals surface area contributed by atoms with Gasteiger partial charge in [0.1, 0.15) is 16.0 Å². The molecule has 1 fully saturated rings. The summed E-state index contributed by atoms with van der Waals surface area (Å²) in [6.07, 6.45) is 5.59. The number of aromatic nitrogens is 1. The van der Waals surface area contributed by atoms with E-state index in [1.54, 1.807) is 30.3 Å². The number of thiocarbonyl (C=S) groups is 1. The lowest BCUT2D eigenvalue weighted by Crippen LogP contribution is -2.30. The number of hydrogen-bond donors (Lipinski definition) is 1. The van der Waals surface area contributed by atoms with Crippen molar-refractivity contribution >= 4 is 57.7 Å². The number of unbranched alkanes of at least 4 members (excludes halogenated alkanes) is 3. The van der Waals surface area contributed by atoms with Crippen molar-refractivity contribution < 1.29 is 14.7 Å². The highest BCUT2D eigenvalue weighted by Crippen LogP contribution is 2.33. The number of nitriles is 1. The van der Waals surface area contributed by atoms with Crippen LogP contribution < -0.4 is 5.56 Å². The first-order valence-corrected chi connectivity index (χ1v) is 13.7. The second kappa shape index (κ2) is 13.0. The van der Waals surface area contributed by atoms with Crippen molar-refractivity contribution in [2.75, 3.05) is 6.54 Å². The standard InChI is InChI=1S/C27H28ClN3O4S2/c1-3-4-5-6-13-30-24(33)20(16-29)17(2)23(26(30)35)21(32)8-7-14-31-25(34)22(37-27(31)36)15-18-9-11-19(28)12-10-18/h9-12,15,35H,3-8,13-14H2,1-2H3/b22-15-. The van der Waals surface area contributed by atoms with Crippen LogP contribution in [0.2, 0.25) is 5.02 Å². The van der Waals surface area contributed by atoms with Crippen molar-refractivity contribution in [3.8, 4) is 11.9 Å². The normalized spacial score (nSPS) is 14.4. The van der Waals surface area contributed by atoms with E-state index in [9.17, 15) is 24.8 Å². The third-order valence-corrected chi connectivity index (χ3v) is 7.77. The maximum atomic E-state index is 13.1. The number of thioether (sulfide) groups is 1. The topological polar surface area (TPSA) is 103 Å². The van der Waals surface area contributed by atoms with E-state index in [2.05, 4.69) is 6.92 Å². The molecular formula is C27H28ClN3O4S2. The van der Waals surface area contributed by atoms with Gasteiger partial charge in [0.05, 0.1) is 10.5 Å². The highest BCUT2D eigenvalue weighted by Gasteiger charge is 2.32. The van der Waals surface area contributed by atoms with Crippen molar-refractivity contribution in [1.82, 2.24) is 9.47 Å². The lowest BCUT2D eigenvalue weighted by Gasteiger charge is -2.17. The first-order chi connectivity index (χ1) is 17.7. The Hall–Kier alpha value is -2.93. The predicted molar refractivity (Wildman–Crippen MR) is 151 cm³/mol. The molecule has 194 valence electrons. The molecule has 0 radical (unpaired) electrons. The molecule has 3 rings (SSSR count). The smallest absolute Gasteiger partial charge is 0.271 e. The Kier molecular flexibility index (Phi) is 10.1. The van der Waals surface area contributed by atoms with Gasteiger partial charge in [0, 0.05) is 24.5 Å². The molecule has 0 unspecified atom stereocenters. The summed E-state index contributed by atoms with van der Waals surface area (Å²) in [4.78, 5) is 40.7. The number of nitrogens with zero attached hydrogens (tertiary/aromatic N) is 3. The molecule has 1 aromatic heterocycles. The van der Waals surface area contributed by atoms with Gasteiger partial charge < -0.3 is 5.11 Å². The third kappa shape index (κ3) is 6.69. The van der Waals surface area contributed by atoms with Gasteiger partial charge in [-0.1, -0.05) is 73.9 Å². The van der Waals surface area contributed by atoms with Crippen molar-refractivity contribution in [2.45, 2.75) is 58.9 Å². The highest BCUT2D eigenvalue weighted by atomic mass is 35.5. The Balaban J connectivity index is 1.71. The third-order valence-electron chi connectivity index (χ3n) is 6.14. The predicted octanol–water partition coefficient (Wildman–Crippen LogP) is 5.83. The van der Waals surface area contributed by atoms with Crippen molar-refractivity contribution in [3.63, 3.8) is 0 Å². The molecule has 0 bridgehead atoms. The Bertz CT molecular complexity index is 1340. The van der Waals surface area contributed by atoms with Gasteiger partial charge in [0.25, 0.3) is 11.5 Å². The fourth-order valence-electron chi connectivity index (χ4n) is 4.11. The SMILES string of the molecule is CCCCCCn1c(O)c(C(=O)CCCN2C(=O)/C(=C/c3ccc(Cl)cc3)SC2=S)c(C)c(C#N)c1=O. The average molecular weight is 558 g/mol. The number of amides is 1. The van der Waals surface area contributed by atoms with Crippen LogP contribution in [0.25, 0.3) is 6.08 Å². The zero-order valence-electron chi connectivity index (χ0n) is 20.8. The molecule has 2 aromatic rings. The molecule has 1 amide bonds. The summed E-state index contributed by atoms with van der Waals surface area (Å²) < 4.78 is 1.53. The summed E-state index contributed by atoms with van der Waals surface area (Å²) >= 11 is 12.5. The number of halogens is 1. The first-order valence-electron chi connectivity index (χ1n) is 12.1. The van der Waals surface area contributed by atoms with Crippen LogP contribution in [0.1, 0.15) is 72.5 Å². The van der Waals surface area contributed by atoms with Gasteiger partial charge in [0.15, 0.2) is 5.78 Å². The van der Waals surface area contributed by atoms with E-state index >= 15 is 0 Å². The van der Waals surface area contributed by atoms with Crippen LogP contribution in [0, 0.1) is 18.3 Å². The van der Waals surface area contributed by atoms with E-state index in [1.807, 2.05) is 6.07 Å². The summed E-state index contributed by atoms with van der Waals surface area (Å²) in [7, 11) is 0. The van der Waals surface area contributed by atoms with Gasteiger partial charge in [-0.25, -0.2) is 0 Å². The highest BCUT2D eigenvalue weighted by molar-refractivity contribution is 8.26. The number of hydrogen-bond acceptors (Lipinski definition) is 7. The molecule has 1 saturated heterocycles. The Morgan fingerprint density at radius 2 is 1.86 bits per heavy atom. The number of aromatic hydroxyl groups is 1. The van der Waals surface area contributed by atoms with Gasteiger partial charge in [-0.3, -0.25) is 23.9 Å². The molecule has 1 aromatic carbocycles. The number of benzene rings is 1. The Morgan fingerprint density at radius 1 is 1.16 bits per heavy atom. The number of carbonyl (C=O) groups excluding carboxylic acids is 2. The van der Waals surface area contributed by atoms with Crippen LogP contribution in [0.15, 0.2) is 34.0 Å². The van der Waals surface area contributed by atoms with Crippen LogP contribution in [-0.4, -0.2) is 37.1 Å². The van der Waals surface area contributed by atoms with E-state index in [0.717, 1.165) is 29.4 Å². The van der Waals surface area contributed by atoms with Gasteiger partial charge in [-0.15, -0.1) is 0 Å². The summed E-state index contributed by atoms with van der Waals surface area (Å²) in [6, 6.07) is 8.98. The fourth-order valence-corrected chi connectivity index (χ4v) is 5.55. The van der Waals surface area contributed by atoms with Gasteiger partial charge >= 0.3 is 0 Å². The van der Waals surface area contributed by atoms with Crippen LogP contribution in [-0.2, 0) is 11.3 Å². The minimum atomic E-state index is -0.587. The molecule has 10 heteroatoms. The van der Waals surface area contributed by atoms with E-state index < -0.39 is 17.2 Å². The second-order valence-electron chi connectivity index (χ2n) is 8.74. The molecule has 1 aliphatic heterocycles. The van der Waals surface area contributed by atoms with Gasteiger partial charge in [-0.05, 0) is 49.1 Å². The maximum Gasteiger partial charge on any atom is 0.271 e. The quantitative estimate of drug-likeness (QED) is 0.160. The second-order valence-corrected chi connectivity index (χ2v) is 10.9. The van der Waals surface area contributed by atoms with Crippen LogP contribution >= 0.6 is 35.6 Å². The molecule has 37 heavy (non-hydrogen) atoms. The number of Topliss-reactive ketones (excluding diaryl/α,β-unsaturated/α-hetero) is 1. The van der Waals surface area contributed by atoms with Crippen molar-refractivity contribution in [2.24, 2.45) is 0 Å². The number of pyridine rings is 1. The molecule has 0 aliphatic carbocycles. The zero-order chi connectivity index (χ0) is 27.1. The van der Waals surface area contributed by atoms with Gasteiger partial charge in [-0.2, -0.15) is 5.26 Å². The summed E-state index contributed by atoms with van der Waals surface area (Å²) in [6.45, 7) is 4.03. The molecule has 0 atom stereocenters. The molecule has 2 heterocycles. The van der Waals surface area contributed by atoms with Gasteiger partial charge in [0.2, 0.25) is 5.88 Å². The molecule has 7 nitrogen and oxygen atoms in total. The van der Waals surface area contributed by atoms with E-state index in [1.165, 1.54) is 23.6 Å². The number of rotatable bonds is 11. The van der Waals surface area contributed by atoms with E-state index in [4.69, 9.17) is 23.8 Å². The van der Waals surface area contributed by atoms with Crippen LogP contribution in [0.4, 0.5) is 0 Å². The molecule has 1 aliphatic rings. The minimum Gasteiger partial charge on any atom is -0.494 e. The molecular weight excluding hydrogens is 530 g/mol. The molecule has 0 saturated carbocycles. The average Bonchev–Trinajstić information content (AvgIpc) is 3.12. The monoisotopic (exact) mass is 557 g/mol. The fraction of sp³-hybridized carbons (Fsp3) is 0.370. The summed E-state index contributed by atoms with van der Waals surface area (Å²) in [5.74, 6) is -1.03. The lowest BCUT2D eigenvalue weighted by atomic mass is 9.99.